The van der Waals surface area contributed by atoms with Gasteiger partial charge < -0.3 is 0 Å². The Labute approximate surface area is 102 Å². The van der Waals surface area contributed by atoms with Gasteiger partial charge in [-0.3, -0.25) is 25.4 Å². The topological polar surface area (TPSA) is 71.1 Å². The molecule has 6 heteroatoms. The highest BCUT2D eigenvalue weighted by atomic mass is 79.9. The average Bonchev–Trinajstić information content (AvgIpc) is 2.25. The van der Waals surface area contributed by atoms with E-state index in [9.17, 15) is 9.59 Å². The summed E-state index contributed by atoms with van der Waals surface area (Å²) in [4.78, 5) is 26.6. The molecule has 0 atom stereocenters. The molecule has 0 aliphatic rings. The Bertz CT molecular complexity index is 407. The number of carbonyl (C=O) groups excluding carboxylic acids is 2. The van der Waals surface area contributed by atoms with Crippen molar-refractivity contribution < 1.29 is 9.59 Å². The van der Waals surface area contributed by atoms with Crippen molar-refractivity contribution in [3.63, 3.8) is 0 Å². The maximum Gasteiger partial charge on any atom is 0.271 e. The van der Waals surface area contributed by atoms with E-state index in [0.717, 1.165) is 0 Å². The molecule has 2 amide bonds. The van der Waals surface area contributed by atoms with Crippen molar-refractivity contribution in [3.05, 3.63) is 28.5 Å². The summed E-state index contributed by atoms with van der Waals surface area (Å²) in [6.45, 7) is 3.48. The molecule has 2 N–H and O–H groups in total. The Morgan fingerprint density at radius 2 is 2.00 bits per heavy atom. The summed E-state index contributed by atoms with van der Waals surface area (Å²) in [6, 6.07) is 1.61. The first-order valence-corrected chi connectivity index (χ1v) is 5.50. The fourth-order valence-electron chi connectivity index (χ4n) is 0.871. The lowest BCUT2D eigenvalue weighted by Crippen LogP contribution is -2.43. The van der Waals surface area contributed by atoms with Gasteiger partial charge in [-0.05, 0) is 22.0 Å². The number of rotatable bonds is 2. The van der Waals surface area contributed by atoms with Crippen LogP contribution in [0, 0.1) is 5.92 Å². The summed E-state index contributed by atoms with van der Waals surface area (Å²) < 4.78 is 0.704. The van der Waals surface area contributed by atoms with Gasteiger partial charge >= 0.3 is 0 Å². The van der Waals surface area contributed by atoms with Crippen LogP contribution in [-0.2, 0) is 4.79 Å². The van der Waals surface area contributed by atoms with Crippen LogP contribution in [0.25, 0.3) is 0 Å². The molecule has 0 aliphatic carbocycles. The van der Waals surface area contributed by atoms with Gasteiger partial charge in [0.25, 0.3) is 5.91 Å². The normalized spacial score (nSPS) is 10.0. The molecule has 0 spiro atoms. The standard InChI is InChI=1S/C10H12BrN3O2/c1-6(2)9(15)13-14-10(16)7-3-8(11)5-12-4-7/h3-6H,1-2H3,(H,13,15)(H,14,16). The number of carbonyl (C=O) groups is 2. The van der Waals surface area contributed by atoms with E-state index >= 15 is 0 Å². The van der Waals surface area contributed by atoms with Crippen LogP contribution in [0.4, 0.5) is 0 Å². The molecule has 0 unspecified atom stereocenters. The molecule has 5 nitrogen and oxygen atoms in total. The highest BCUT2D eigenvalue weighted by Gasteiger charge is 2.10. The number of nitrogens with one attached hydrogen (secondary N) is 2. The third kappa shape index (κ3) is 3.62. The molecule has 0 saturated carbocycles. The number of hydrogen-bond acceptors (Lipinski definition) is 3. The summed E-state index contributed by atoms with van der Waals surface area (Å²) in [5.41, 5.74) is 5.00. The highest BCUT2D eigenvalue weighted by molar-refractivity contribution is 9.10. The number of amides is 2. The van der Waals surface area contributed by atoms with Crippen LogP contribution >= 0.6 is 15.9 Å². The summed E-state index contributed by atoms with van der Waals surface area (Å²) in [5.74, 6) is -0.819. The van der Waals surface area contributed by atoms with E-state index in [-0.39, 0.29) is 11.8 Å². The van der Waals surface area contributed by atoms with E-state index in [0.29, 0.717) is 10.0 Å². The zero-order valence-corrected chi connectivity index (χ0v) is 10.5. The molecule has 0 radical (unpaired) electrons. The van der Waals surface area contributed by atoms with Crippen molar-refractivity contribution in [2.45, 2.75) is 13.8 Å². The molecule has 0 aliphatic heterocycles. The van der Waals surface area contributed by atoms with E-state index in [4.69, 9.17) is 0 Å². The van der Waals surface area contributed by atoms with Gasteiger partial charge in [-0.15, -0.1) is 0 Å². The van der Waals surface area contributed by atoms with Crippen molar-refractivity contribution in [1.82, 2.24) is 15.8 Å². The van der Waals surface area contributed by atoms with Gasteiger partial charge in [0.05, 0.1) is 5.56 Å². The van der Waals surface area contributed by atoms with Crippen molar-refractivity contribution in [3.8, 4) is 0 Å². The quantitative estimate of drug-likeness (QED) is 0.804. The van der Waals surface area contributed by atoms with E-state index in [1.807, 2.05) is 0 Å². The largest absolute Gasteiger partial charge is 0.273 e. The Hall–Kier alpha value is -1.43. The smallest absolute Gasteiger partial charge is 0.271 e. The van der Waals surface area contributed by atoms with Crippen molar-refractivity contribution >= 4 is 27.7 Å². The monoisotopic (exact) mass is 285 g/mol. The van der Waals surface area contributed by atoms with E-state index in [1.165, 1.54) is 6.20 Å². The van der Waals surface area contributed by atoms with Gasteiger partial charge in [0, 0.05) is 22.8 Å². The van der Waals surface area contributed by atoms with Crippen LogP contribution in [0.2, 0.25) is 0 Å². The van der Waals surface area contributed by atoms with Gasteiger partial charge in [0.2, 0.25) is 5.91 Å². The lowest BCUT2D eigenvalue weighted by Gasteiger charge is -2.08. The van der Waals surface area contributed by atoms with Crippen molar-refractivity contribution in [2.24, 2.45) is 5.92 Å². The number of hydrogen-bond donors (Lipinski definition) is 2. The summed E-state index contributed by atoms with van der Waals surface area (Å²) in [7, 11) is 0. The minimum absolute atomic E-state index is 0.180. The van der Waals surface area contributed by atoms with Gasteiger partial charge in [-0.1, -0.05) is 13.8 Å². The summed E-state index contributed by atoms with van der Waals surface area (Å²) >= 11 is 3.20. The molecule has 16 heavy (non-hydrogen) atoms. The van der Waals surface area contributed by atoms with Crippen molar-refractivity contribution in [1.29, 1.82) is 0 Å². The molecule has 1 aromatic rings. The van der Waals surface area contributed by atoms with Crippen LogP contribution in [-0.4, -0.2) is 16.8 Å². The second-order valence-electron chi connectivity index (χ2n) is 3.49. The van der Waals surface area contributed by atoms with Crippen LogP contribution < -0.4 is 10.9 Å². The fourth-order valence-corrected chi connectivity index (χ4v) is 1.24. The number of aromatic nitrogens is 1. The number of nitrogens with zero attached hydrogens (tertiary/aromatic N) is 1. The number of hydrazine groups is 1. The molecule has 1 aromatic heterocycles. The molecule has 0 saturated heterocycles. The first kappa shape index (κ1) is 12.6. The second-order valence-corrected chi connectivity index (χ2v) is 4.41. The SMILES string of the molecule is CC(C)C(=O)NNC(=O)c1cncc(Br)c1. The molecule has 0 fully saturated rings. The number of pyridine rings is 1. The van der Waals surface area contributed by atoms with Crippen LogP contribution in [0.15, 0.2) is 22.9 Å². The summed E-state index contributed by atoms with van der Waals surface area (Å²) in [5, 5.41) is 0. The molecule has 1 heterocycles. The van der Waals surface area contributed by atoms with E-state index < -0.39 is 5.91 Å². The Balaban J connectivity index is 2.57. The van der Waals surface area contributed by atoms with E-state index in [1.54, 1.807) is 26.1 Å². The molecular formula is C10H12BrN3O2. The zero-order chi connectivity index (χ0) is 12.1. The predicted octanol–water partition coefficient (Wildman–Crippen LogP) is 1.26. The second kappa shape index (κ2) is 5.60. The minimum atomic E-state index is -0.400. The molecule has 1 rings (SSSR count). The zero-order valence-electron chi connectivity index (χ0n) is 8.95. The third-order valence-electron chi connectivity index (χ3n) is 1.79. The van der Waals surface area contributed by atoms with Crippen LogP contribution in [0.1, 0.15) is 24.2 Å². The summed E-state index contributed by atoms with van der Waals surface area (Å²) in [6.07, 6.45) is 2.99. The molecule has 86 valence electrons. The predicted molar refractivity (Wildman–Crippen MR) is 62.4 cm³/mol. The van der Waals surface area contributed by atoms with Crippen LogP contribution in [0.3, 0.4) is 0 Å². The Kier molecular flexibility index (Phi) is 4.42. The average molecular weight is 286 g/mol. The van der Waals surface area contributed by atoms with Gasteiger partial charge in [-0.25, -0.2) is 0 Å². The van der Waals surface area contributed by atoms with Crippen LogP contribution in [0.5, 0.6) is 0 Å². The molecule has 0 aromatic carbocycles. The Morgan fingerprint density at radius 1 is 1.31 bits per heavy atom. The fraction of sp³-hybridized carbons (Fsp3) is 0.300. The highest BCUT2D eigenvalue weighted by Crippen LogP contribution is 2.08. The minimum Gasteiger partial charge on any atom is -0.273 e. The molecule has 0 bridgehead atoms. The molecular weight excluding hydrogens is 274 g/mol. The first-order chi connectivity index (χ1) is 7.50. The number of halogens is 1. The lowest BCUT2D eigenvalue weighted by atomic mass is 10.2. The Morgan fingerprint density at radius 3 is 2.56 bits per heavy atom. The van der Waals surface area contributed by atoms with Crippen molar-refractivity contribution in [2.75, 3.05) is 0 Å². The third-order valence-corrected chi connectivity index (χ3v) is 2.22. The lowest BCUT2D eigenvalue weighted by molar-refractivity contribution is -0.124. The first-order valence-electron chi connectivity index (χ1n) is 4.71. The maximum atomic E-state index is 11.5. The van der Waals surface area contributed by atoms with E-state index in [2.05, 4.69) is 31.8 Å². The maximum absolute atomic E-state index is 11.5. The van der Waals surface area contributed by atoms with Gasteiger partial charge in [0.15, 0.2) is 0 Å². The van der Waals surface area contributed by atoms with Gasteiger partial charge in [-0.2, -0.15) is 0 Å². The van der Waals surface area contributed by atoms with Gasteiger partial charge in [0.1, 0.15) is 0 Å².